The summed E-state index contributed by atoms with van der Waals surface area (Å²) in [7, 11) is -3.77. The van der Waals surface area contributed by atoms with Gasteiger partial charge in [-0.15, -0.1) is 11.6 Å². The molecule has 0 amide bonds. The first-order valence-electron chi connectivity index (χ1n) is 7.74. The molecule has 2 heterocycles. The number of halogens is 3. The lowest BCUT2D eigenvalue weighted by atomic mass is 9.98. The minimum Gasteiger partial charge on any atom is -0.386 e. The highest BCUT2D eigenvalue weighted by atomic mass is 35.5. The van der Waals surface area contributed by atoms with Crippen LogP contribution in [0.2, 0.25) is 0 Å². The van der Waals surface area contributed by atoms with Gasteiger partial charge in [-0.05, 0) is 19.1 Å². The van der Waals surface area contributed by atoms with Crippen LogP contribution in [0.3, 0.4) is 0 Å². The number of rotatable bonds is 6. The zero-order chi connectivity index (χ0) is 19.7. The summed E-state index contributed by atoms with van der Waals surface area (Å²) in [4.78, 5) is 5.10. The normalized spacial score (nSPS) is 34.8. The quantitative estimate of drug-likeness (QED) is 0.514. The second kappa shape index (κ2) is 7.78. The third-order valence-corrected chi connectivity index (χ3v) is 6.06. The highest BCUT2D eigenvalue weighted by Crippen LogP contribution is 2.53. The average Bonchev–Trinajstić information content (AvgIpc) is 2.80. The van der Waals surface area contributed by atoms with E-state index in [0.717, 1.165) is 12.7 Å². The number of ether oxygens (including phenoxy) is 1. The topological polar surface area (TPSA) is 97.4 Å². The molecule has 26 heavy (non-hydrogen) atoms. The van der Waals surface area contributed by atoms with E-state index in [1.165, 1.54) is 17.2 Å². The summed E-state index contributed by atoms with van der Waals surface area (Å²) in [6, 6.07) is 0. The molecule has 2 aliphatic rings. The van der Waals surface area contributed by atoms with Gasteiger partial charge in [0.15, 0.2) is 18.0 Å². The first kappa shape index (κ1) is 21.1. The van der Waals surface area contributed by atoms with Crippen molar-refractivity contribution < 1.29 is 27.7 Å². The van der Waals surface area contributed by atoms with E-state index in [-0.39, 0.29) is 18.3 Å². The molecule has 0 aliphatic carbocycles. The van der Waals surface area contributed by atoms with Gasteiger partial charge in [0.25, 0.3) is 7.37 Å². The second-order valence-corrected chi connectivity index (χ2v) is 8.54. The number of aliphatic imine (C=N–C) groups is 1. The fourth-order valence-corrected chi connectivity index (χ4v) is 3.98. The van der Waals surface area contributed by atoms with Gasteiger partial charge in [-0.2, -0.15) is 0 Å². The molecule has 1 unspecified atom stereocenters. The molecule has 5 atom stereocenters. The molecule has 146 valence electrons. The van der Waals surface area contributed by atoms with Crippen LogP contribution in [0.15, 0.2) is 41.3 Å². The maximum atomic E-state index is 14.7. The summed E-state index contributed by atoms with van der Waals surface area (Å²) < 4.78 is 51.9. The van der Waals surface area contributed by atoms with Crippen molar-refractivity contribution in [3.05, 3.63) is 36.3 Å². The molecular formula is C15H21ClF2N3O4P. The lowest BCUT2D eigenvalue weighted by Crippen LogP contribution is -2.42. The van der Waals surface area contributed by atoms with E-state index in [9.17, 15) is 18.5 Å². The summed E-state index contributed by atoms with van der Waals surface area (Å²) in [6.45, 7) is 6.28. The van der Waals surface area contributed by atoms with E-state index < -0.39 is 42.9 Å². The Hall–Kier alpha value is -1.25. The minimum absolute atomic E-state index is 0.0124. The number of nitrogens with two attached hydrogens (primary N) is 1. The Morgan fingerprint density at radius 1 is 1.73 bits per heavy atom. The zero-order valence-corrected chi connectivity index (χ0v) is 16.0. The van der Waals surface area contributed by atoms with Gasteiger partial charge in [-0.1, -0.05) is 6.58 Å². The Bertz CT molecular complexity index is 717. The Morgan fingerprint density at radius 3 is 2.92 bits per heavy atom. The second-order valence-electron chi connectivity index (χ2n) is 5.89. The lowest BCUT2D eigenvalue weighted by Gasteiger charge is -2.31. The van der Waals surface area contributed by atoms with Crippen molar-refractivity contribution in [2.75, 3.05) is 19.2 Å². The lowest BCUT2D eigenvalue weighted by molar-refractivity contribution is -0.0732. The van der Waals surface area contributed by atoms with E-state index in [1.54, 1.807) is 6.92 Å². The smallest absolute Gasteiger partial charge is 0.256 e. The molecule has 7 nitrogen and oxygen atoms in total. The van der Waals surface area contributed by atoms with Crippen LogP contribution >= 0.6 is 19.0 Å². The molecule has 1 saturated heterocycles. The van der Waals surface area contributed by atoms with Gasteiger partial charge in [-0.3, -0.25) is 4.57 Å². The molecule has 2 rings (SSSR count). The van der Waals surface area contributed by atoms with Crippen LogP contribution in [-0.2, 0) is 13.8 Å². The number of aliphatic hydroxyl groups is 1. The maximum Gasteiger partial charge on any atom is 0.256 e. The zero-order valence-electron chi connectivity index (χ0n) is 14.3. The number of hydrogen-bond acceptors (Lipinski definition) is 7. The first-order valence-corrected chi connectivity index (χ1v) is 10.3. The number of nitrogens with zero attached hydrogens (tertiary/aromatic N) is 2. The minimum atomic E-state index is -3.77. The highest BCUT2D eigenvalue weighted by molar-refractivity contribution is 7.62. The number of amidine groups is 1. The van der Waals surface area contributed by atoms with Crippen molar-refractivity contribution in [3.63, 3.8) is 0 Å². The monoisotopic (exact) mass is 411 g/mol. The summed E-state index contributed by atoms with van der Waals surface area (Å²) in [5.41, 5.74) is 2.43. The Balaban J connectivity index is 2.35. The molecule has 0 aromatic rings. The molecule has 0 saturated carbocycles. The summed E-state index contributed by atoms with van der Waals surface area (Å²) in [5, 5.41) is 10.3. The SMILES string of the molecule is C=C1N=C(N)C=CN1[C@@H]1O[C@@](/C=C(/F)P(C)(=O)OCC)(CCl)[C@@H](O)[C@H]1F. The van der Waals surface area contributed by atoms with Gasteiger partial charge >= 0.3 is 0 Å². The maximum absolute atomic E-state index is 14.7. The average molecular weight is 412 g/mol. The van der Waals surface area contributed by atoms with Crippen LogP contribution in [0.25, 0.3) is 0 Å². The molecule has 0 spiro atoms. The molecule has 3 N–H and O–H groups in total. The largest absolute Gasteiger partial charge is 0.386 e. The fraction of sp³-hybridized carbons (Fsp3) is 0.533. The van der Waals surface area contributed by atoms with Crippen molar-refractivity contribution >= 4 is 24.8 Å². The van der Waals surface area contributed by atoms with Gasteiger partial charge in [0.1, 0.15) is 23.4 Å². The molecule has 0 aromatic carbocycles. The van der Waals surface area contributed by atoms with Gasteiger partial charge in [-0.25, -0.2) is 13.8 Å². The van der Waals surface area contributed by atoms with Crippen molar-refractivity contribution in [1.82, 2.24) is 4.90 Å². The first-order chi connectivity index (χ1) is 12.1. The summed E-state index contributed by atoms with van der Waals surface area (Å²) in [5.74, 6) is -0.242. The third kappa shape index (κ3) is 3.87. The number of alkyl halides is 2. The standard InChI is InChI=1S/C15H21ClF2N3O4P/c1-4-24-26(3,23)10(17)7-15(8-16)13(22)12(18)14(25-15)21-6-5-11(19)20-9(21)2/h5-7,12-14,22H,2,4,8H2,1,3H3,(H2,19,20)/b10-7-/t12-,13+,14-,15+,26?/m1/s1. The van der Waals surface area contributed by atoms with Crippen LogP contribution in [0.4, 0.5) is 8.78 Å². The highest BCUT2D eigenvalue weighted by Gasteiger charge is 2.56. The van der Waals surface area contributed by atoms with E-state index in [2.05, 4.69) is 11.6 Å². The van der Waals surface area contributed by atoms with Gasteiger partial charge in [0.05, 0.1) is 12.5 Å². The van der Waals surface area contributed by atoms with Gasteiger partial charge < -0.3 is 25.0 Å². The molecular weight excluding hydrogens is 391 g/mol. The molecule has 0 radical (unpaired) electrons. The van der Waals surface area contributed by atoms with Crippen LogP contribution in [0, 0.1) is 0 Å². The van der Waals surface area contributed by atoms with Crippen molar-refractivity contribution in [1.29, 1.82) is 0 Å². The molecule has 1 fully saturated rings. The van der Waals surface area contributed by atoms with Crippen LogP contribution in [0.1, 0.15) is 6.92 Å². The van der Waals surface area contributed by atoms with E-state index in [1.807, 2.05) is 0 Å². The van der Waals surface area contributed by atoms with E-state index in [0.29, 0.717) is 0 Å². The van der Waals surface area contributed by atoms with Crippen LogP contribution in [0.5, 0.6) is 0 Å². The predicted molar refractivity (Wildman–Crippen MR) is 95.3 cm³/mol. The van der Waals surface area contributed by atoms with Gasteiger partial charge in [0.2, 0.25) is 0 Å². The molecule has 2 aliphatic heterocycles. The summed E-state index contributed by atoms with van der Waals surface area (Å²) in [6.07, 6.45) is -1.68. The molecule has 0 aromatic heterocycles. The van der Waals surface area contributed by atoms with Crippen LogP contribution < -0.4 is 5.73 Å². The fourth-order valence-electron chi connectivity index (χ4n) is 2.61. The number of hydrogen-bond donors (Lipinski definition) is 2. The van der Waals surface area contributed by atoms with Crippen molar-refractivity contribution in [3.8, 4) is 0 Å². The molecule has 11 heteroatoms. The van der Waals surface area contributed by atoms with Crippen molar-refractivity contribution in [2.45, 2.75) is 31.0 Å². The summed E-state index contributed by atoms with van der Waals surface area (Å²) >= 11 is 5.86. The predicted octanol–water partition coefficient (Wildman–Crippen LogP) is 2.43. The van der Waals surface area contributed by atoms with Gasteiger partial charge in [0, 0.05) is 12.9 Å². The Morgan fingerprint density at radius 2 is 2.38 bits per heavy atom. The van der Waals surface area contributed by atoms with Crippen LogP contribution in [-0.4, -0.2) is 59.1 Å². The van der Waals surface area contributed by atoms with Crippen molar-refractivity contribution in [2.24, 2.45) is 10.7 Å². The Kier molecular flexibility index (Phi) is 6.30. The van der Waals surface area contributed by atoms with E-state index >= 15 is 0 Å². The van der Waals surface area contributed by atoms with E-state index in [4.69, 9.17) is 26.6 Å². The number of aliphatic hydroxyl groups excluding tert-OH is 1. The molecule has 0 bridgehead atoms. The Labute approximate surface area is 155 Å². The third-order valence-electron chi connectivity index (χ3n) is 3.99.